The van der Waals surface area contributed by atoms with E-state index in [-0.39, 0.29) is 0 Å². The minimum Gasteiger partial charge on any atom is -0.359 e. The van der Waals surface area contributed by atoms with Gasteiger partial charge in [-0.15, -0.1) is 0 Å². The normalized spacial score (nSPS) is 15.1. The molecule has 0 aromatic carbocycles. The molecule has 0 spiro atoms. The maximum Gasteiger partial charge on any atom is 0.340 e. The topological polar surface area (TPSA) is 57.2 Å². The lowest BCUT2D eigenvalue weighted by atomic mass is 10.0. The van der Waals surface area contributed by atoms with Crippen LogP contribution in [0.2, 0.25) is 0 Å². The highest BCUT2D eigenvalue weighted by molar-refractivity contribution is 4.81. The second kappa shape index (κ2) is 11.4. The van der Waals surface area contributed by atoms with Crippen LogP contribution in [0.4, 0.5) is 0 Å². The molecule has 0 aromatic heterocycles. The standard InChI is InChI=1S/C16H34O5/c1-6-11-12-13-14-15(17,18-7-2)16(19-8-3,20-9-4)21-10-5/h17H,6-14H2,1-5H3. The summed E-state index contributed by atoms with van der Waals surface area (Å²) in [4.78, 5) is 0. The van der Waals surface area contributed by atoms with Gasteiger partial charge in [-0.25, -0.2) is 0 Å². The van der Waals surface area contributed by atoms with Gasteiger partial charge in [-0.05, 0) is 34.1 Å². The van der Waals surface area contributed by atoms with Gasteiger partial charge < -0.3 is 24.1 Å². The van der Waals surface area contributed by atoms with Crippen LogP contribution < -0.4 is 0 Å². The molecule has 1 N–H and O–H groups in total. The molecule has 0 amide bonds. The number of rotatable bonds is 14. The summed E-state index contributed by atoms with van der Waals surface area (Å²) < 4.78 is 22.6. The highest BCUT2D eigenvalue weighted by Crippen LogP contribution is 2.35. The van der Waals surface area contributed by atoms with Gasteiger partial charge in [0.15, 0.2) is 0 Å². The highest BCUT2D eigenvalue weighted by Gasteiger charge is 2.55. The fourth-order valence-corrected chi connectivity index (χ4v) is 2.38. The van der Waals surface area contributed by atoms with E-state index in [1.165, 1.54) is 0 Å². The lowest BCUT2D eigenvalue weighted by molar-refractivity contribution is -0.490. The Kier molecular flexibility index (Phi) is 11.3. The van der Waals surface area contributed by atoms with Gasteiger partial charge in [0.2, 0.25) is 5.79 Å². The van der Waals surface area contributed by atoms with Gasteiger partial charge in [0.25, 0.3) is 0 Å². The smallest absolute Gasteiger partial charge is 0.340 e. The van der Waals surface area contributed by atoms with Crippen LogP contribution in [0.3, 0.4) is 0 Å². The zero-order valence-corrected chi connectivity index (χ0v) is 14.4. The third kappa shape index (κ3) is 6.20. The van der Waals surface area contributed by atoms with E-state index in [0.717, 1.165) is 25.7 Å². The Morgan fingerprint density at radius 2 is 1.14 bits per heavy atom. The van der Waals surface area contributed by atoms with Crippen LogP contribution in [0.1, 0.15) is 66.7 Å². The second-order valence-electron chi connectivity index (χ2n) is 4.88. The van der Waals surface area contributed by atoms with Crippen molar-refractivity contribution >= 4 is 0 Å². The van der Waals surface area contributed by atoms with Crippen LogP contribution in [-0.2, 0) is 18.9 Å². The van der Waals surface area contributed by atoms with Gasteiger partial charge in [0.1, 0.15) is 0 Å². The Hall–Kier alpha value is -0.200. The molecule has 1 unspecified atom stereocenters. The summed E-state index contributed by atoms with van der Waals surface area (Å²) in [7, 11) is 0. The first kappa shape index (κ1) is 20.8. The molecule has 0 aromatic rings. The van der Waals surface area contributed by atoms with E-state index in [0.29, 0.717) is 32.8 Å². The summed E-state index contributed by atoms with van der Waals surface area (Å²) >= 11 is 0. The Bertz CT molecular complexity index is 230. The zero-order chi connectivity index (χ0) is 16.2. The lowest BCUT2D eigenvalue weighted by Crippen LogP contribution is -2.61. The van der Waals surface area contributed by atoms with Crippen molar-refractivity contribution in [3.8, 4) is 0 Å². The van der Waals surface area contributed by atoms with Gasteiger partial charge in [-0.2, -0.15) is 0 Å². The average Bonchev–Trinajstić information content (AvgIpc) is 2.44. The van der Waals surface area contributed by atoms with Crippen LogP contribution in [0.25, 0.3) is 0 Å². The molecule has 0 heterocycles. The molecule has 5 heteroatoms. The minimum atomic E-state index is -1.60. The molecule has 128 valence electrons. The molecule has 1 atom stereocenters. The molecule has 0 aliphatic rings. The molecule has 5 nitrogen and oxygen atoms in total. The average molecular weight is 306 g/mol. The van der Waals surface area contributed by atoms with Gasteiger partial charge in [-0.3, -0.25) is 0 Å². The first-order chi connectivity index (χ1) is 10.1. The van der Waals surface area contributed by atoms with Crippen LogP contribution in [0, 0.1) is 0 Å². The molecule has 0 rings (SSSR count). The quantitative estimate of drug-likeness (QED) is 0.393. The van der Waals surface area contributed by atoms with Gasteiger partial charge in [-0.1, -0.05) is 26.2 Å². The van der Waals surface area contributed by atoms with Gasteiger partial charge in [0, 0.05) is 32.8 Å². The van der Waals surface area contributed by atoms with Crippen molar-refractivity contribution in [1.29, 1.82) is 0 Å². The predicted molar refractivity (Wildman–Crippen MR) is 82.9 cm³/mol. The van der Waals surface area contributed by atoms with E-state index in [4.69, 9.17) is 18.9 Å². The van der Waals surface area contributed by atoms with E-state index < -0.39 is 11.8 Å². The van der Waals surface area contributed by atoms with Crippen LogP contribution >= 0.6 is 0 Å². The van der Waals surface area contributed by atoms with Gasteiger partial charge >= 0.3 is 5.97 Å². The summed E-state index contributed by atoms with van der Waals surface area (Å²) in [5, 5.41) is 11.0. The molecule has 0 bridgehead atoms. The van der Waals surface area contributed by atoms with E-state index in [1.54, 1.807) is 0 Å². The second-order valence-corrected chi connectivity index (χ2v) is 4.88. The molecule has 0 aliphatic carbocycles. The van der Waals surface area contributed by atoms with Crippen LogP contribution in [-0.4, -0.2) is 43.3 Å². The highest BCUT2D eigenvalue weighted by atomic mass is 16.9. The number of ether oxygens (including phenoxy) is 4. The third-order valence-electron chi connectivity index (χ3n) is 3.23. The third-order valence-corrected chi connectivity index (χ3v) is 3.23. The summed E-state index contributed by atoms with van der Waals surface area (Å²) in [6.45, 7) is 11.0. The van der Waals surface area contributed by atoms with Crippen molar-refractivity contribution < 1.29 is 24.1 Å². The molecule has 0 aliphatic heterocycles. The summed E-state index contributed by atoms with van der Waals surface area (Å²) in [5.74, 6) is -3.16. The van der Waals surface area contributed by atoms with Crippen molar-refractivity contribution in [3.63, 3.8) is 0 Å². The maximum absolute atomic E-state index is 11.0. The fourth-order valence-electron chi connectivity index (χ4n) is 2.38. The maximum atomic E-state index is 11.0. The summed E-state index contributed by atoms with van der Waals surface area (Å²) in [5.41, 5.74) is 0. The van der Waals surface area contributed by atoms with E-state index in [9.17, 15) is 5.11 Å². The molecule has 0 radical (unpaired) electrons. The molecule has 0 saturated carbocycles. The van der Waals surface area contributed by atoms with Crippen molar-refractivity contribution in [3.05, 3.63) is 0 Å². The molecular formula is C16H34O5. The number of hydrogen-bond donors (Lipinski definition) is 1. The predicted octanol–water partition coefficient (Wildman–Crippen LogP) is 3.45. The largest absolute Gasteiger partial charge is 0.359 e. The monoisotopic (exact) mass is 306 g/mol. The number of unbranched alkanes of at least 4 members (excludes halogenated alkanes) is 3. The molecule has 21 heavy (non-hydrogen) atoms. The molecular weight excluding hydrogens is 272 g/mol. The van der Waals surface area contributed by atoms with Crippen LogP contribution in [0.5, 0.6) is 0 Å². The molecule has 0 fully saturated rings. The fraction of sp³-hybridized carbons (Fsp3) is 1.00. The van der Waals surface area contributed by atoms with Crippen molar-refractivity contribution in [1.82, 2.24) is 0 Å². The Balaban J connectivity index is 5.14. The first-order valence-corrected chi connectivity index (χ1v) is 8.33. The number of hydrogen-bond acceptors (Lipinski definition) is 5. The number of aliphatic hydroxyl groups is 1. The van der Waals surface area contributed by atoms with E-state index >= 15 is 0 Å². The summed E-state index contributed by atoms with van der Waals surface area (Å²) in [6, 6.07) is 0. The Morgan fingerprint density at radius 3 is 1.52 bits per heavy atom. The Labute approximate surface area is 129 Å². The van der Waals surface area contributed by atoms with Crippen LogP contribution in [0.15, 0.2) is 0 Å². The van der Waals surface area contributed by atoms with Crippen molar-refractivity contribution in [2.24, 2.45) is 0 Å². The lowest BCUT2D eigenvalue weighted by Gasteiger charge is -2.44. The Morgan fingerprint density at radius 1 is 0.667 bits per heavy atom. The molecule has 0 saturated heterocycles. The SMILES string of the molecule is CCCCCCC(O)(OCC)C(OCC)(OCC)OCC. The zero-order valence-electron chi connectivity index (χ0n) is 14.4. The summed E-state index contributed by atoms with van der Waals surface area (Å²) in [6.07, 6.45) is 4.56. The minimum absolute atomic E-state index is 0.360. The van der Waals surface area contributed by atoms with E-state index in [1.807, 2.05) is 27.7 Å². The van der Waals surface area contributed by atoms with Crippen molar-refractivity contribution in [2.75, 3.05) is 26.4 Å². The first-order valence-electron chi connectivity index (χ1n) is 8.33. The van der Waals surface area contributed by atoms with Crippen molar-refractivity contribution in [2.45, 2.75) is 78.5 Å². The van der Waals surface area contributed by atoms with E-state index in [2.05, 4.69) is 6.92 Å². The van der Waals surface area contributed by atoms with Gasteiger partial charge in [0.05, 0.1) is 0 Å².